The summed E-state index contributed by atoms with van der Waals surface area (Å²) < 4.78 is 0. The van der Waals surface area contributed by atoms with Crippen molar-refractivity contribution >= 4 is 11.9 Å². The van der Waals surface area contributed by atoms with Crippen LogP contribution in [0.25, 0.3) is 0 Å². The van der Waals surface area contributed by atoms with E-state index in [1.54, 1.807) is 0 Å². The number of nitrogens with one attached hydrogen (secondary N) is 1. The molecule has 0 aliphatic heterocycles. The van der Waals surface area contributed by atoms with E-state index in [0.29, 0.717) is 6.54 Å². The van der Waals surface area contributed by atoms with Gasteiger partial charge in [0, 0.05) is 19.5 Å². The lowest BCUT2D eigenvalue weighted by atomic mass is 10.2. The summed E-state index contributed by atoms with van der Waals surface area (Å²) in [5.41, 5.74) is 0. The average molecular weight is 216 g/mol. The van der Waals surface area contributed by atoms with Crippen molar-refractivity contribution in [1.29, 1.82) is 0 Å². The zero-order valence-corrected chi connectivity index (χ0v) is 9.78. The molecule has 0 aliphatic carbocycles. The number of hydrogen-bond donors (Lipinski definition) is 2. The number of likely N-dealkylation sites (N-methyl/N-ethyl adjacent to an activating group) is 1. The van der Waals surface area contributed by atoms with Crippen LogP contribution in [0.4, 0.5) is 0 Å². The molecule has 0 spiro atoms. The highest BCUT2D eigenvalue weighted by Gasteiger charge is 2.22. The number of aliphatic carboxylic acids is 1. The molecule has 0 heterocycles. The predicted molar refractivity (Wildman–Crippen MR) is 57.6 cm³/mol. The van der Waals surface area contributed by atoms with Crippen LogP contribution in [0.1, 0.15) is 27.7 Å². The van der Waals surface area contributed by atoms with Crippen LogP contribution in [0.5, 0.6) is 0 Å². The maximum atomic E-state index is 10.9. The Kier molecular flexibility index (Phi) is 5.93. The molecule has 88 valence electrons. The second-order valence-electron chi connectivity index (χ2n) is 3.77. The lowest BCUT2D eigenvalue weighted by Crippen LogP contribution is -2.49. The monoisotopic (exact) mass is 216 g/mol. The predicted octanol–water partition coefficient (Wildman–Crippen LogP) is 0.306. The Balaban J connectivity index is 4.38. The van der Waals surface area contributed by atoms with Crippen molar-refractivity contribution in [2.45, 2.75) is 39.8 Å². The van der Waals surface area contributed by atoms with E-state index in [0.717, 1.165) is 6.54 Å². The Morgan fingerprint density at radius 3 is 2.20 bits per heavy atom. The minimum Gasteiger partial charge on any atom is -0.480 e. The van der Waals surface area contributed by atoms with E-state index in [1.165, 1.54) is 6.92 Å². The number of carboxylic acids is 1. The second-order valence-corrected chi connectivity index (χ2v) is 3.77. The van der Waals surface area contributed by atoms with Gasteiger partial charge in [-0.25, -0.2) is 4.79 Å². The van der Waals surface area contributed by atoms with Gasteiger partial charge < -0.3 is 10.4 Å². The minimum atomic E-state index is -0.996. The molecule has 0 aromatic rings. The van der Waals surface area contributed by atoms with E-state index in [-0.39, 0.29) is 11.9 Å². The van der Waals surface area contributed by atoms with Gasteiger partial charge in [-0.15, -0.1) is 0 Å². The Hall–Kier alpha value is -1.10. The van der Waals surface area contributed by atoms with Gasteiger partial charge in [0.2, 0.25) is 5.91 Å². The smallest absolute Gasteiger partial charge is 0.327 e. The van der Waals surface area contributed by atoms with Gasteiger partial charge in [-0.1, -0.05) is 6.92 Å². The van der Waals surface area contributed by atoms with Crippen molar-refractivity contribution in [2.24, 2.45) is 0 Å². The zero-order chi connectivity index (χ0) is 12.0. The number of rotatable bonds is 6. The Morgan fingerprint density at radius 2 is 1.93 bits per heavy atom. The third kappa shape index (κ3) is 5.37. The van der Waals surface area contributed by atoms with Crippen LogP contribution in [0, 0.1) is 0 Å². The molecular weight excluding hydrogens is 196 g/mol. The lowest BCUT2D eigenvalue weighted by molar-refractivity contribution is -0.142. The number of carbonyl (C=O) groups is 2. The molecule has 15 heavy (non-hydrogen) atoms. The highest BCUT2D eigenvalue weighted by atomic mass is 16.4. The van der Waals surface area contributed by atoms with Crippen molar-refractivity contribution in [1.82, 2.24) is 10.2 Å². The fourth-order valence-corrected chi connectivity index (χ4v) is 1.37. The highest BCUT2D eigenvalue weighted by molar-refractivity contribution is 5.82. The number of carbonyl (C=O) groups excluding carboxylic acids is 1. The molecule has 1 atom stereocenters. The first kappa shape index (κ1) is 13.9. The summed E-state index contributed by atoms with van der Waals surface area (Å²) in [6.07, 6.45) is 0. The first-order chi connectivity index (χ1) is 6.88. The van der Waals surface area contributed by atoms with Crippen LogP contribution >= 0.6 is 0 Å². The van der Waals surface area contributed by atoms with Crippen molar-refractivity contribution in [3.63, 3.8) is 0 Å². The van der Waals surface area contributed by atoms with Gasteiger partial charge in [-0.2, -0.15) is 0 Å². The standard InChI is InChI=1S/C10H20N2O3/c1-5-12(7(2)3)6-9(10(14)15)11-8(4)13/h7,9H,5-6H2,1-4H3,(H,11,13)(H,14,15). The Labute approximate surface area is 90.5 Å². The number of hydrogen-bond acceptors (Lipinski definition) is 3. The number of amides is 1. The van der Waals surface area contributed by atoms with Crippen LogP contribution in [-0.2, 0) is 9.59 Å². The molecule has 0 rings (SSSR count). The lowest BCUT2D eigenvalue weighted by Gasteiger charge is -2.27. The zero-order valence-electron chi connectivity index (χ0n) is 9.78. The van der Waals surface area contributed by atoms with Crippen LogP contribution in [-0.4, -0.2) is 47.1 Å². The summed E-state index contributed by atoms with van der Waals surface area (Å²) in [5.74, 6) is -1.31. The SMILES string of the molecule is CCN(CC(NC(C)=O)C(=O)O)C(C)C. The third-order valence-electron chi connectivity index (χ3n) is 2.23. The summed E-state index contributed by atoms with van der Waals surface area (Å²) >= 11 is 0. The quantitative estimate of drug-likeness (QED) is 0.670. The van der Waals surface area contributed by atoms with E-state index in [2.05, 4.69) is 5.32 Å². The molecule has 0 bridgehead atoms. The summed E-state index contributed by atoms with van der Waals surface area (Å²) in [4.78, 5) is 23.7. The molecule has 5 heteroatoms. The van der Waals surface area contributed by atoms with E-state index in [9.17, 15) is 9.59 Å². The maximum absolute atomic E-state index is 10.9. The van der Waals surface area contributed by atoms with Crippen molar-refractivity contribution in [3.8, 4) is 0 Å². The maximum Gasteiger partial charge on any atom is 0.327 e. The van der Waals surface area contributed by atoms with Gasteiger partial charge in [-0.05, 0) is 20.4 Å². The molecule has 0 fully saturated rings. The molecule has 0 aromatic carbocycles. The highest BCUT2D eigenvalue weighted by Crippen LogP contribution is 2.00. The van der Waals surface area contributed by atoms with Crippen LogP contribution < -0.4 is 5.32 Å². The first-order valence-corrected chi connectivity index (χ1v) is 5.12. The molecule has 5 nitrogen and oxygen atoms in total. The van der Waals surface area contributed by atoms with E-state index < -0.39 is 12.0 Å². The fourth-order valence-electron chi connectivity index (χ4n) is 1.37. The third-order valence-corrected chi connectivity index (χ3v) is 2.23. The van der Waals surface area contributed by atoms with E-state index in [4.69, 9.17) is 5.11 Å². The van der Waals surface area contributed by atoms with Crippen molar-refractivity contribution < 1.29 is 14.7 Å². The summed E-state index contributed by atoms with van der Waals surface area (Å²) in [6.45, 7) is 8.38. The average Bonchev–Trinajstić information content (AvgIpc) is 2.10. The van der Waals surface area contributed by atoms with Gasteiger partial charge in [0.1, 0.15) is 6.04 Å². The van der Waals surface area contributed by atoms with Gasteiger partial charge in [0.05, 0.1) is 0 Å². The van der Waals surface area contributed by atoms with Crippen molar-refractivity contribution in [2.75, 3.05) is 13.1 Å². The van der Waals surface area contributed by atoms with Crippen LogP contribution in [0.2, 0.25) is 0 Å². The van der Waals surface area contributed by atoms with Gasteiger partial charge >= 0.3 is 5.97 Å². The largest absolute Gasteiger partial charge is 0.480 e. The number of carboxylic acid groups (broad SMARTS) is 1. The molecular formula is C10H20N2O3. The van der Waals surface area contributed by atoms with E-state index in [1.807, 2.05) is 25.7 Å². The summed E-state index contributed by atoms with van der Waals surface area (Å²) in [6, 6.07) is -0.560. The molecule has 0 saturated carbocycles. The van der Waals surface area contributed by atoms with Crippen LogP contribution in [0.15, 0.2) is 0 Å². The molecule has 1 amide bonds. The molecule has 1 unspecified atom stereocenters. The van der Waals surface area contributed by atoms with E-state index >= 15 is 0 Å². The first-order valence-electron chi connectivity index (χ1n) is 5.12. The molecule has 0 saturated heterocycles. The molecule has 0 aromatic heterocycles. The van der Waals surface area contributed by atoms with Gasteiger partial charge in [0.15, 0.2) is 0 Å². The van der Waals surface area contributed by atoms with Crippen molar-refractivity contribution in [3.05, 3.63) is 0 Å². The topological polar surface area (TPSA) is 69.6 Å². The van der Waals surface area contributed by atoms with Gasteiger partial charge in [-0.3, -0.25) is 9.69 Å². The normalized spacial score (nSPS) is 12.9. The van der Waals surface area contributed by atoms with Crippen LogP contribution in [0.3, 0.4) is 0 Å². The molecule has 0 aliphatic rings. The molecule has 0 radical (unpaired) electrons. The van der Waals surface area contributed by atoms with Gasteiger partial charge in [0.25, 0.3) is 0 Å². The Morgan fingerprint density at radius 1 is 1.40 bits per heavy atom. The summed E-state index contributed by atoms with van der Waals surface area (Å²) in [5, 5.41) is 11.3. The minimum absolute atomic E-state index is 0.269. The fraction of sp³-hybridized carbons (Fsp3) is 0.800. The second kappa shape index (κ2) is 6.40. The summed E-state index contributed by atoms with van der Waals surface area (Å²) in [7, 11) is 0. The molecule has 2 N–H and O–H groups in total. The Bertz CT molecular complexity index is 229. The number of nitrogens with zero attached hydrogens (tertiary/aromatic N) is 1.